The Morgan fingerprint density at radius 3 is 2.95 bits per heavy atom. The average molecular weight is 255 g/mol. The molecule has 2 aromatic rings. The van der Waals surface area contributed by atoms with Crippen LogP contribution in [0.25, 0.3) is 10.9 Å². The number of nitrogens with one attached hydrogen (secondary N) is 1. The molecule has 3 rings (SSSR count). The normalized spacial score (nSPS) is 22.6. The predicted octanol–water partition coefficient (Wildman–Crippen LogP) is 1.84. The molecule has 1 aromatic heterocycles. The highest BCUT2D eigenvalue weighted by molar-refractivity contribution is 6.06. The molecule has 0 bridgehead atoms. The number of amides is 1. The number of rotatable bonds is 2. The van der Waals surface area contributed by atoms with Crippen molar-refractivity contribution in [3.8, 4) is 0 Å². The molecule has 4 heteroatoms. The van der Waals surface area contributed by atoms with Crippen LogP contribution in [0.5, 0.6) is 0 Å². The summed E-state index contributed by atoms with van der Waals surface area (Å²) < 4.78 is 0. The van der Waals surface area contributed by atoms with E-state index in [-0.39, 0.29) is 18.0 Å². The average Bonchev–Trinajstić information content (AvgIpc) is 2.83. The van der Waals surface area contributed by atoms with E-state index in [1.54, 1.807) is 6.20 Å². The number of nitrogens with two attached hydrogens (primary N) is 1. The fourth-order valence-electron chi connectivity index (χ4n) is 2.72. The van der Waals surface area contributed by atoms with Crippen molar-refractivity contribution >= 4 is 16.8 Å². The number of hydrogen-bond acceptors (Lipinski definition) is 3. The minimum Gasteiger partial charge on any atom is -0.348 e. The van der Waals surface area contributed by atoms with E-state index in [0.29, 0.717) is 5.56 Å². The summed E-state index contributed by atoms with van der Waals surface area (Å²) in [6, 6.07) is 9.55. The molecule has 0 radical (unpaired) electrons. The van der Waals surface area contributed by atoms with Gasteiger partial charge in [0.15, 0.2) is 0 Å². The van der Waals surface area contributed by atoms with Gasteiger partial charge in [0.25, 0.3) is 5.91 Å². The van der Waals surface area contributed by atoms with Crippen molar-refractivity contribution in [2.45, 2.75) is 31.3 Å². The lowest BCUT2D eigenvalue weighted by Gasteiger charge is -2.17. The maximum absolute atomic E-state index is 12.4. The third-order valence-corrected chi connectivity index (χ3v) is 3.78. The molecule has 1 aliphatic carbocycles. The van der Waals surface area contributed by atoms with Crippen LogP contribution < -0.4 is 11.1 Å². The molecule has 1 aliphatic rings. The van der Waals surface area contributed by atoms with Gasteiger partial charge < -0.3 is 11.1 Å². The lowest BCUT2D eigenvalue weighted by Crippen LogP contribution is -2.44. The van der Waals surface area contributed by atoms with Gasteiger partial charge in [-0.05, 0) is 37.5 Å². The van der Waals surface area contributed by atoms with Crippen molar-refractivity contribution < 1.29 is 4.79 Å². The van der Waals surface area contributed by atoms with Crippen LogP contribution in [0.4, 0.5) is 0 Å². The Hall–Kier alpha value is -1.94. The lowest BCUT2D eigenvalue weighted by molar-refractivity contribution is 0.0936. The summed E-state index contributed by atoms with van der Waals surface area (Å²) >= 11 is 0. The van der Waals surface area contributed by atoms with Crippen molar-refractivity contribution in [1.29, 1.82) is 0 Å². The highest BCUT2D eigenvalue weighted by Gasteiger charge is 2.26. The van der Waals surface area contributed by atoms with Gasteiger partial charge in [0, 0.05) is 29.2 Å². The van der Waals surface area contributed by atoms with Gasteiger partial charge in [-0.1, -0.05) is 12.1 Å². The molecule has 1 fully saturated rings. The Kier molecular flexibility index (Phi) is 3.17. The first-order valence-corrected chi connectivity index (χ1v) is 6.66. The Morgan fingerprint density at radius 2 is 2.16 bits per heavy atom. The van der Waals surface area contributed by atoms with Gasteiger partial charge in [-0.15, -0.1) is 0 Å². The SMILES string of the molecule is NC1CCCC1NC(=O)c1cccc2ncccc12. The Balaban J connectivity index is 1.89. The van der Waals surface area contributed by atoms with Gasteiger partial charge in [-0.2, -0.15) is 0 Å². The van der Waals surface area contributed by atoms with Crippen molar-refractivity contribution in [1.82, 2.24) is 10.3 Å². The zero-order valence-corrected chi connectivity index (χ0v) is 10.7. The van der Waals surface area contributed by atoms with Crippen molar-refractivity contribution in [2.24, 2.45) is 5.73 Å². The number of carbonyl (C=O) groups excluding carboxylic acids is 1. The summed E-state index contributed by atoms with van der Waals surface area (Å²) in [6.07, 6.45) is 4.78. The van der Waals surface area contributed by atoms with E-state index >= 15 is 0 Å². The van der Waals surface area contributed by atoms with Crippen LogP contribution in [0.1, 0.15) is 29.6 Å². The van der Waals surface area contributed by atoms with Gasteiger partial charge in [0.2, 0.25) is 0 Å². The fraction of sp³-hybridized carbons (Fsp3) is 0.333. The molecule has 1 amide bonds. The van der Waals surface area contributed by atoms with E-state index in [4.69, 9.17) is 5.73 Å². The lowest BCUT2D eigenvalue weighted by atomic mass is 10.1. The van der Waals surface area contributed by atoms with Crippen LogP contribution in [0.2, 0.25) is 0 Å². The van der Waals surface area contributed by atoms with Crippen LogP contribution >= 0.6 is 0 Å². The molecular formula is C15H17N3O. The Labute approximate surface area is 112 Å². The summed E-state index contributed by atoms with van der Waals surface area (Å²) in [5.41, 5.74) is 7.50. The monoisotopic (exact) mass is 255 g/mol. The topological polar surface area (TPSA) is 68.0 Å². The summed E-state index contributed by atoms with van der Waals surface area (Å²) in [4.78, 5) is 16.6. The van der Waals surface area contributed by atoms with Crippen molar-refractivity contribution in [3.63, 3.8) is 0 Å². The van der Waals surface area contributed by atoms with E-state index < -0.39 is 0 Å². The minimum absolute atomic E-state index is 0.0547. The van der Waals surface area contributed by atoms with Crippen molar-refractivity contribution in [3.05, 3.63) is 42.1 Å². The third kappa shape index (κ3) is 2.31. The van der Waals surface area contributed by atoms with E-state index in [1.807, 2.05) is 30.3 Å². The van der Waals surface area contributed by atoms with Gasteiger partial charge in [-0.3, -0.25) is 9.78 Å². The van der Waals surface area contributed by atoms with Crippen LogP contribution in [0, 0.1) is 0 Å². The second kappa shape index (κ2) is 4.97. The number of aromatic nitrogens is 1. The summed E-state index contributed by atoms with van der Waals surface area (Å²) in [5, 5.41) is 3.93. The first kappa shape index (κ1) is 12.1. The summed E-state index contributed by atoms with van der Waals surface area (Å²) in [5.74, 6) is -0.0547. The molecule has 0 aliphatic heterocycles. The maximum atomic E-state index is 12.4. The number of benzene rings is 1. The number of nitrogens with zero attached hydrogens (tertiary/aromatic N) is 1. The third-order valence-electron chi connectivity index (χ3n) is 3.78. The summed E-state index contributed by atoms with van der Waals surface area (Å²) in [6.45, 7) is 0. The van der Waals surface area contributed by atoms with E-state index in [9.17, 15) is 4.79 Å². The van der Waals surface area contributed by atoms with Crippen LogP contribution in [0.3, 0.4) is 0 Å². The fourth-order valence-corrected chi connectivity index (χ4v) is 2.72. The molecule has 2 atom stereocenters. The first-order valence-electron chi connectivity index (χ1n) is 6.66. The Bertz CT molecular complexity index is 606. The molecule has 2 unspecified atom stereocenters. The molecular weight excluding hydrogens is 238 g/mol. The number of fused-ring (bicyclic) bond motifs is 1. The standard InChI is InChI=1S/C15H17N3O/c16-12-6-2-8-14(12)18-15(19)11-4-1-7-13-10(11)5-3-9-17-13/h1,3-5,7,9,12,14H,2,6,8,16H2,(H,18,19). The zero-order chi connectivity index (χ0) is 13.2. The molecule has 19 heavy (non-hydrogen) atoms. The highest BCUT2D eigenvalue weighted by atomic mass is 16.1. The number of carbonyl (C=O) groups is 1. The summed E-state index contributed by atoms with van der Waals surface area (Å²) in [7, 11) is 0. The van der Waals surface area contributed by atoms with E-state index in [0.717, 1.165) is 30.2 Å². The zero-order valence-electron chi connectivity index (χ0n) is 10.7. The van der Waals surface area contributed by atoms with Gasteiger partial charge in [0.1, 0.15) is 0 Å². The number of hydrogen-bond donors (Lipinski definition) is 2. The van der Waals surface area contributed by atoms with E-state index in [1.165, 1.54) is 0 Å². The molecule has 98 valence electrons. The molecule has 0 spiro atoms. The van der Waals surface area contributed by atoms with Gasteiger partial charge in [-0.25, -0.2) is 0 Å². The molecule has 3 N–H and O–H groups in total. The predicted molar refractivity (Wildman–Crippen MR) is 74.8 cm³/mol. The molecule has 1 aromatic carbocycles. The van der Waals surface area contributed by atoms with Crippen LogP contribution in [0.15, 0.2) is 36.5 Å². The Morgan fingerprint density at radius 1 is 1.26 bits per heavy atom. The smallest absolute Gasteiger partial charge is 0.252 e. The van der Waals surface area contributed by atoms with Crippen LogP contribution in [-0.2, 0) is 0 Å². The van der Waals surface area contributed by atoms with Crippen molar-refractivity contribution in [2.75, 3.05) is 0 Å². The van der Waals surface area contributed by atoms with Crippen LogP contribution in [-0.4, -0.2) is 23.0 Å². The molecule has 0 saturated heterocycles. The molecule has 1 heterocycles. The largest absolute Gasteiger partial charge is 0.348 e. The quantitative estimate of drug-likeness (QED) is 0.860. The van der Waals surface area contributed by atoms with Gasteiger partial charge >= 0.3 is 0 Å². The second-order valence-corrected chi connectivity index (χ2v) is 5.05. The minimum atomic E-state index is -0.0547. The number of pyridine rings is 1. The van der Waals surface area contributed by atoms with Gasteiger partial charge in [0.05, 0.1) is 5.52 Å². The maximum Gasteiger partial charge on any atom is 0.252 e. The highest BCUT2D eigenvalue weighted by Crippen LogP contribution is 2.20. The van der Waals surface area contributed by atoms with E-state index in [2.05, 4.69) is 10.3 Å². The second-order valence-electron chi connectivity index (χ2n) is 5.05. The first-order chi connectivity index (χ1) is 9.25. The molecule has 4 nitrogen and oxygen atoms in total. The molecule has 1 saturated carbocycles.